The summed E-state index contributed by atoms with van der Waals surface area (Å²) in [7, 11) is 0. The maximum absolute atomic E-state index is 13.4. The minimum Gasteiger partial charge on any atom is -0.485 e. The summed E-state index contributed by atoms with van der Waals surface area (Å²) in [6.45, 7) is 1.05. The van der Waals surface area contributed by atoms with Gasteiger partial charge in [0, 0.05) is 12.1 Å². The van der Waals surface area contributed by atoms with Crippen molar-refractivity contribution >= 4 is 5.69 Å². The van der Waals surface area contributed by atoms with E-state index in [4.69, 9.17) is 4.74 Å². The highest BCUT2D eigenvalue weighted by atomic mass is 19.1. The van der Waals surface area contributed by atoms with Gasteiger partial charge in [0.25, 0.3) is 0 Å². The monoisotopic (exact) mass is 254 g/mol. The molecular weight excluding hydrogens is 239 g/mol. The Morgan fingerprint density at radius 3 is 2.94 bits per heavy atom. The third kappa shape index (κ3) is 3.40. The third-order valence-electron chi connectivity index (χ3n) is 2.72. The molecule has 0 unspecified atom stereocenters. The van der Waals surface area contributed by atoms with Crippen LogP contribution in [0.5, 0.6) is 5.75 Å². The number of para-hydroxylation sites is 1. The van der Waals surface area contributed by atoms with Gasteiger partial charge in [-0.1, -0.05) is 6.07 Å². The van der Waals surface area contributed by atoms with Crippen LogP contribution in [0.25, 0.3) is 0 Å². The molecule has 1 aliphatic carbocycles. The maximum Gasteiger partial charge on any atom is 0.314 e. The van der Waals surface area contributed by atoms with E-state index in [1.54, 1.807) is 0 Å². The smallest absolute Gasteiger partial charge is 0.314 e. The van der Waals surface area contributed by atoms with Crippen LogP contribution < -0.4 is 10.1 Å². The molecule has 5 nitrogen and oxygen atoms in total. The number of nitro benzene ring substituents is 1. The number of hydrogen-bond acceptors (Lipinski definition) is 4. The molecule has 0 radical (unpaired) electrons. The molecule has 2 rings (SSSR count). The lowest BCUT2D eigenvalue weighted by Crippen LogP contribution is -2.19. The molecule has 98 valence electrons. The van der Waals surface area contributed by atoms with Crippen molar-refractivity contribution in [2.24, 2.45) is 0 Å². The zero-order valence-corrected chi connectivity index (χ0v) is 9.89. The molecule has 1 fully saturated rings. The highest BCUT2D eigenvalue weighted by molar-refractivity contribution is 5.46. The van der Waals surface area contributed by atoms with Crippen molar-refractivity contribution in [1.29, 1.82) is 0 Å². The van der Waals surface area contributed by atoms with E-state index < -0.39 is 10.7 Å². The Kier molecular flexibility index (Phi) is 4.09. The second-order valence-corrected chi connectivity index (χ2v) is 4.28. The fourth-order valence-electron chi connectivity index (χ4n) is 1.62. The van der Waals surface area contributed by atoms with Gasteiger partial charge in [-0.25, -0.2) is 4.39 Å². The molecule has 1 N–H and O–H groups in total. The average Bonchev–Trinajstić information content (AvgIpc) is 3.14. The molecule has 18 heavy (non-hydrogen) atoms. The highest BCUT2D eigenvalue weighted by Crippen LogP contribution is 2.29. The van der Waals surface area contributed by atoms with Gasteiger partial charge in [-0.05, 0) is 31.9 Å². The number of rotatable bonds is 7. The second-order valence-electron chi connectivity index (χ2n) is 4.28. The zero-order chi connectivity index (χ0) is 13.0. The van der Waals surface area contributed by atoms with Crippen LogP contribution in [0.15, 0.2) is 18.2 Å². The van der Waals surface area contributed by atoms with Gasteiger partial charge >= 0.3 is 5.69 Å². The first-order valence-corrected chi connectivity index (χ1v) is 5.97. The molecular formula is C12H15FN2O3. The predicted molar refractivity (Wildman–Crippen MR) is 64.2 cm³/mol. The standard InChI is InChI=1S/C12H15FN2O3/c13-10-3-1-4-11(15(16)17)12(10)18-8-2-7-14-9-5-6-9/h1,3-4,9,14H,2,5-8H2. The first kappa shape index (κ1) is 12.8. The molecule has 0 atom stereocenters. The Morgan fingerprint density at radius 1 is 1.50 bits per heavy atom. The molecule has 1 aliphatic rings. The van der Waals surface area contributed by atoms with E-state index in [2.05, 4.69) is 5.32 Å². The van der Waals surface area contributed by atoms with E-state index in [-0.39, 0.29) is 18.0 Å². The summed E-state index contributed by atoms with van der Waals surface area (Å²) in [5.41, 5.74) is -0.329. The lowest BCUT2D eigenvalue weighted by Gasteiger charge is -2.07. The van der Waals surface area contributed by atoms with E-state index in [1.165, 1.54) is 25.0 Å². The number of ether oxygens (including phenoxy) is 1. The Morgan fingerprint density at radius 2 is 2.28 bits per heavy atom. The van der Waals surface area contributed by atoms with Crippen LogP contribution in [0.3, 0.4) is 0 Å². The zero-order valence-electron chi connectivity index (χ0n) is 9.89. The Balaban J connectivity index is 1.84. The minimum absolute atomic E-state index is 0.265. The Bertz CT molecular complexity index is 435. The van der Waals surface area contributed by atoms with Crippen molar-refractivity contribution in [1.82, 2.24) is 5.32 Å². The second kappa shape index (κ2) is 5.77. The number of benzene rings is 1. The summed E-state index contributed by atoms with van der Waals surface area (Å²) in [6, 6.07) is 4.31. The summed E-state index contributed by atoms with van der Waals surface area (Å²) < 4.78 is 18.6. The highest BCUT2D eigenvalue weighted by Gasteiger charge is 2.20. The largest absolute Gasteiger partial charge is 0.485 e. The van der Waals surface area contributed by atoms with Gasteiger partial charge in [-0.3, -0.25) is 10.1 Å². The maximum atomic E-state index is 13.4. The lowest BCUT2D eigenvalue weighted by molar-refractivity contribution is -0.386. The number of halogens is 1. The van der Waals surface area contributed by atoms with Gasteiger partial charge in [0.1, 0.15) is 0 Å². The van der Waals surface area contributed by atoms with Crippen molar-refractivity contribution in [3.63, 3.8) is 0 Å². The van der Waals surface area contributed by atoms with Crippen LogP contribution in [0.1, 0.15) is 19.3 Å². The van der Waals surface area contributed by atoms with E-state index in [0.717, 1.165) is 12.6 Å². The summed E-state index contributed by atoms with van der Waals surface area (Å²) in [5, 5.41) is 14.0. The molecule has 0 saturated heterocycles. The normalized spacial score (nSPS) is 14.5. The minimum atomic E-state index is -0.695. The van der Waals surface area contributed by atoms with Crippen LogP contribution in [-0.2, 0) is 0 Å². The Labute approximate surface area is 104 Å². The van der Waals surface area contributed by atoms with Crippen LogP contribution >= 0.6 is 0 Å². The van der Waals surface area contributed by atoms with Gasteiger partial charge in [0.15, 0.2) is 5.82 Å². The lowest BCUT2D eigenvalue weighted by atomic mass is 10.3. The number of nitrogens with one attached hydrogen (secondary N) is 1. The average molecular weight is 254 g/mol. The van der Waals surface area contributed by atoms with Gasteiger partial charge in [-0.15, -0.1) is 0 Å². The molecule has 0 spiro atoms. The molecule has 1 aromatic rings. The molecule has 0 aliphatic heterocycles. The Hall–Kier alpha value is -1.69. The molecule has 0 bridgehead atoms. The summed E-state index contributed by atoms with van der Waals surface area (Å²) >= 11 is 0. The number of hydrogen-bond donors (Lipinski definition) is 1. The summed E-state index contributed by atoms with van der Waals surface area (Å²) in [6.07, 6.45) is 3.11. The van der Waals surface area contributed by atoms with Gasteiger partial charge in [0.05, 0.1) is 11.5 Å². The molecule has 1 saturated carbocycles. The molecule has 0 heterocycles. The van der Waals surface area contributed by atoms with Crippen molar-refractivity contribution in [2.75, 3.05) is 13.2 Å². The van der Waals surface area contributed by atoms with Crippen molar-refractivity contribution in [3.8, 4) is 5.75 Å². The van der Waals surface area contributed by atoms with Crippen LogP contribution in [-0.4, -0.2) is 24.1 Å². The molecule has 6 heteroatoms. The predicted octanol–water partition coefficient (Wildman–Crippen LogP) is 2.25. The van der Waals surface area contributed by atoms with E-state index in [1.807, 2.05) is 0 Å². The topological polar surface area (TPSA) is 64.4 Å². The van der Waals surface area contributed by atoms with E-state index in [0.29, 0.717) is 12.5 Å². The molecule has 0 aromatic heterocycles. The number of nitrogens with zero attached hydrogens (tertiary/aromatic N) is 1. The first-order valence-electron chi connectivity index (χ1n) is 5.97. The fraction of sp³-hybridized carbons (Fsp3) is 0.500. The van der Waals surface area contributed by atoms with Crippen LogP contribution in [0.2, 0.25) is 0 Å². The summed E-state index contributed by atoms with van der Waals surface area (Å²) in [5.74, 6) is -0.965. The van der Waals surface area contributed by atoms with E-state index in [9.17, 15) is 14.5 Å². The molecule has 1 aromatic carbocycles. The third-order valence-corrected chi connectivity index (χ3v) is 2.72. The summed E-state index contributed by atoms with van der Waals surface area (Å²) in [4.78, 5) is 10.1. The molecule has 0 amide bonds. The van der Waals surface area contributed by atoms with Crippen LogP contribution in [0.4, 0.5) is 10.1 Å². The fourth-order valence-corrected chi connectivity index (χ4v) is 1.62. The van der Waals surface area contributed by atoms with Crippen LogP contribution in [0, 0.1) is 15.9 Å². The van der Waals surface area contributed by atoms with Gasteiger partial charge in [0.2, 0.25) is 5.75 Å². The van der Waals surface area contributed by atoms with Crippen molar-refractivity contribution < 1.29 is 14.1 Å². The van der Waals surface area contributed by atoms with Gasteiger partial charge in [-0.2, -0.15) is 0 Å². The SMILES string of the molecule is O=[N+]([O-])c1cccc(F)c1OCCCNC1CC1. The first-order chi connectivity index (χ1) is 8.68. The number of nitro groups is 1. The van der Waals surface area contributed by atoms with Gasteiger partial charge < -0.3 is 10.1 Å². The van der Waals surface area contributed by atoms with E-state index >= 15 is 0 Å². The van der Waals surface area contributed by atoms with Crippen molar-refractivity contribution in [3.05, 3.63) is 34.1 Å². The quantitative estimate of drug-likeness (QED) is 0.460. The van der Waals surface area contributed by atoms with Crippen molar-refractivity contribution in [2.45, 2.75) is 25.3 Å².